The van der Waals surface area contributed by atoms with Crippen molar-refractivity contribution in [2.75, 3.05) is 13.1 Å². The Kier molecular flexibility index (Phi) is 4.34. The van der Waals surface area contributed by atoms with Gasteiger partial charge < -0.3 is 10.6 Å². The Balaban J connectivity index is 2.05. The number of hydrogen-bond acceptors (Lipinski definition) is 2. The van der Waals surface area contributed by atoms with Crippen molar-refractivity contribution in [3.63, 3.8) is 0 Å². The number of carbonyl (C=O) groups is 1. The second-order valence-electron chi connectivity index (χ2n) is 3.21. The average Bonchev–Trinajstić information content (AvgIpc) is 2.57. The lowest BCUT2D eigenvalue weighted by molar-refractivity contribution is -0.115. The van der Waals surface area contributed by atoms with E-state index < -0.39 is 0 Å². The zero-order valence-corrected chi connectivity index (χ0v) is 8.02. The third-order valence-electron chi connectivity index (χ3n) is 2.18. The first-order chi connectivity index (χ1) is 6.33. The maximum atomic E-state index is 10.9. The fourth-order valence-corrected chi connectivity index (χ4v) is 1.52. The minimum atomic E-state index is -0.166. The fourth-order valence-electron chi connectivity index (χ4n) is 1.52. The van der Waals surface area contributed by atoms with Gasteiger partial charge in [0.05, 0.1) is 0 Å². The van der Waals surface area contributed by atoms with Crippen LogP contribution in [-0.4, -0.2) is 25.0 Å². The first-order valence-electron chi connectivity index (χ1n) is 4.77. The van der Waals surface area contributed by atoms with Gasteiger partial charge in [-0.3, -0.25) is 4.79 Å². The molecule has 1 atom stereocenters. The van der Waals surface area contributed by atoms with Crippen LogP contribution >= 0.6 is 0 Å². The SMILES string of the molecule is CC#CC(=O)NCC[C@H]1CCCN1. The third-order valence-corrected chi connectivity index (χ3v) is 2.18. The van der Waals surface area contributed by atoms with Gasteiger partial charge in [0, 0.05) is 12.6 Å². The summed E-state index contributed by atoms with van der Waals surface area (Å²) < 4.78 is 0. The summed E-state index contributed by atoms with van der Waals surface area (Å²) in [5, 5.41) is 6.13. The molecule has 1 heterocycles. The van der Waals surface area contributed by atoms with Crippen molar-refractivity contribution in [3.05, 3.63) is 0 Å². The summed E-state index contributed by atoms with van der Waals surface area (Å²) in [6.45, 7) is 3.51. The topological polar surface area (TPSA) is 41.1 Å². The van der Waals surface area contributed by atoms with Crippen LogP contribution in [0.1, 0.15) is 26.2 Å². The van der Waals surface area contributed by atoms with Crippen molar-refractivity contribution in [2.45, 2.75) is 32.2 Å². The lowest BCUT2D eigenvalue weighted by Crippen LogP contribution is -2.29. The first kappa shape index (κ1) is 10.1. The van der Waals surface area contributed by atoms with Crippen molar-refractivity contribution in [3.8, 4) is 11.8 Å². The molecular formula is C10H16N2O. The van der Waals surface area contributed by atoms with E-state index in [9.17, 15) is 4.79 Å². The Bertz CT molecular complexity index is 221. The molecule has 2 N–H and O–H groups in total. The van der Waals surface area contributed by atoms with Crippen molar-refractivity contribution in [2.24, 2.45) is 0 Å². The molecule has 72 valence electrons. The second kappa shape index (κ2) is 5.60. The summed E-state index contributed by atoms with van der Waals surface area (Å²) in [6.07, 6.45) is 3.50. The zero-order valence-electron chi connectivity index (χ0n) is 8.02. The van der Waals surface area contributed by atoms with Gasteiger partial charge in [-0.05, 0) is 38.7 Å². The molecule has 1 fully saturated rings. The van der Waals surface area contributed by atoms with Gasteiger partial charge in [0.1, 0.15) is 0 Å². The molecule has 0 aliphatic carbocycles. The quantitative estimate of drug-likeness (QED) is 0.612. The number of nitrogens with one attached hydrogen (secondary N) is 2. The van der Waals surface area contributed by atoms with E-state index in [0.29, 0.717) is 6.04 Å². The van der Waals surface area contributed by atoms with Crippen LogP contribution in [0.3, 0.4) is 0 Å². The normalized spacial score (nSPS) is 20.5. The highest BCUT2D eigenvalue weighted by Gasteiger charge is 2.12. The molecule has 1 amide bonds. The summed E-state index contributed by atoms with van der Waals surface area (Å²) >= 11 is 0. The van der Waals surface area contributed by atoms with E-state index in [1.807, 2.05) is 0 Å². The summed E-state index contributed by atoms with van der Waals surface area (Å²) in [5.74, 6) is 4.85. The number of amides is 1. The highest BCUT2D eigenvalue weighted by atomic mass is 16.1. The molecule has 1 rings (SSSR count). The molecule has 1 saturated heterocycles. The van der Waals surface area contributed by atoms with E-state index in [1.54, 1.807) is 6.92 Å². The van der Waals surface area contributed by atoms with Crippen LogP contribution in [0, 0.1) is 11.8 Å². The van der Waals surface area contributed by atoms with Gasteiger partial charge in [-0.15, -0.1) is 0 Å². The molecule has 0 aromatic heterocycles. The minimum absolute atomic E-state index is 0.166. The maximum absolute atomic E-state index is 10.9. The standard InChI is InChI=1S/C10H16N2O/c1-2-4-10(13)12-8-6-9-5-3-7-11-9/h9,11H,3,5-8H2,1H3,(H,12,13)/t9-/m1/s1. The van der Waals surface area contributed by atoms with Crippen LogP contribution in [0.5, 0.6) is 0 Å². The molecule has 0 radical (unpaired) electrons. The predicted octanol–water partition coefficient (Wildman–Crippen LogP) is 0.268. The molecule has 0 saturated carbocycles. The van der Waals surface area contributed by atoms with Gasteiger partial charge >= 0.3 is 0 Å². The molecule has 0 bridgehead atoms. The van der Waals surface area contributed by atoms with Gasteiger partial charge in [0.25, 0.3) is 5.91 Å². The fraction of sp³-hybridized carbons (Fsp3) is 0.700. The lowest BCUT2D eigenvalue weighted by atomic mass is 10.1. The van der Waals surface area contributed by atoms with E-state index in [-0.39, 0.29) is 5.91 Å². The number of rotatable bonds is 3. The third kappa shape index (κ3) is 3.95. The molecule has 13 heavy (non-hydrogen) atoms. The Morgan fingerprint density at radius 3 is 3.15 bits per heavy atom. The predicted molar refractivity (Wildman–Crippen MR) is 52.1 cm³/mol. The van der Waals surface area contributed by atoms with E-state index in [0.717, 1.165) is 19.5 Å². The van der Waals surface area contributed by atoms with Crippen molar-refractivity contribution in [1.82, 2.24) is 10.6 Å². The molecular weight excluding hydrogens is 164 g/mol. The van der Waals surface area contributed by atoms with Crippen LogP contribution in [0.2, 0.25) is 0 Å². The van der Waals surface area contributed by atoms with Crippen LogP contribution in [0.25, 0.3) is 0 Å². The molecule has 1 aliphatic heterocycles. The lowest BCUT2D eigenvalue weighted by Gasteiger charge is -2.08. The number of hydrogen-bond donors (Lipinski definition) is 2. The van der Waals surface area contributed by atoms with Gasteiger partial charge in [0.2, 0.25) is 0 Å². The monoisotopic (exact) mass is 180 g/mol. The molecule has 0 aromatic rings. The largest absolute Gasteiger partial charge is 0.345 e. The maximum Gasteiger partial charge on any atom is 0.295 e. The van der Waals surface area contributed by atoms with Crippen LogP contribution in [0.4, 0.5) is 0 Å². The molecule has 3 nitrogen and oxygen atoms in total. The Labute approximate surface area is 79.3 Å². The van der Waals surface area contributed by atoms with Crippen molar-refractivity contribution >= 4 is 5.91 Å². The van der Waals surface area contributed by atoms with Crippen molar-refractivity contribution < 1.29 is 4.79 Å². The summed E-state index contributed by atoms with van der Waals surface area (Å²) in [5.41, 5.74) is 0. The molecule has 3 heteroatoms. The van der Waals surface area contributed by atoms with Crippen LogP contribution in [0.15, 0.2) is 0 Å². The second-order valence-corrected chi connectivity index (χ2v) is 3.21. The van der Waals surface area contributed by atoms with Gasteiger partial charge in [-0.1, -0.05) is 5.92 Å². The molecule has 0 unspecified atom stereocenters. The first-order valence-corrected chi connectivity index (χ1v) is 4.77. The van der Waals surface area contributed by atoms with Crippen molar-refractivity contribution in [1.29, 1.82) is 0 Å². The van der Waals surface area contributed by atoms with Crippen LogP contribution in [-0.2, 0) is 4.79 Å². The Hall–Kier alpha value is -1.01. The smallest absolute Gasteiger partial charge is 0.295 e. The average molecular weight is 180 g/mol. The van der Waals surface area contributed by atoms with Gasteiger partial charge in [0.15, 0.2) is 0 Å². The molecule has 1 aliphatic rings. The van der Waals surface area contributed by atoms with E-state index in [2.05, 4.69) is 22.5 Å². The highest BCUT2D eigenvalue weighted by Crippen LogP contribution is 2.07. The summed E-state index contributed by atoms with van der Waals surface area (Å²) in [4.78, 5) is 10.9. The summed E-state index contributed by atoms with van der Waals surface area (Å²) in [7, 11) is 0. The van der Waals surface area contributed by atoms with E-state index in [1.165, 1.54) is 12.8 Å². The van der Waals surface area contributed by atoms with E-state index in [4.69, 9.17) is 0 Å². The molecule has 0 aromatic carbocycles. The zero-order chi connectivity index (χ0) is 9.52. The Morgan fingerprint density at radius 1 is 1.69 bits per heavy atom. The summed E-state index contributed by atoms with van der Waals surface area (Å²) in [6, 6.07) is 0.592. The van der Waals surface area contributed by atoms with Gasteiger partial charge in [-0.25, -0.2) is 0 Å². The number of carbonyl (C=O) groups excluding carboxylic acids is 1. The minimum Gasteiger partial charge on any atom is -0.345 e. The van der Waals surface area contributed by atoms with Gasteiger partial charge in [-0.2, -0.15) is 0 Å². The highest BCUT2D eigenvalue weighted by molar-refractivity contribution is 5.93. The molecule has 0 spiro atoms. The van der Waals surface area contributed by atoms with Crippen LogP contribution < -0.4 is 10.6 Å². The Morgan fingerprint density at radius 2 is 2.54 bits per heavy atom. The van der Waals surface area contributed by atoms with E-state index >= 15 is 0 Å².